The normalized spacial score (nSPS) is 11.1. The molecule has 0 aliphatic carbocycles. The van der Waals surface area contributed by atoms with E-state index in [1.807, 2.05) is 50.2 Å². The SMILES string of the molecule is CCN(C(=O)c1cc2c(=O)n3cccc(C)c3nc2s1)c1ccc(OC)cc1. The number of methoxy groups -OCH3 is 1. The van der Waals surface area contributed by atoms with Gasteiger partial charge in [-0.2, -0.15) is 0 Å². The third-order valence-corrected chi connectivity index (χ3v) is 5.70. The summed E-state index contributed by atoms with van der Waals surface area (Å²) in [4.78, 5) is 33.3. The molecule has 0 spiro atoms. The summed E-state index contributed by atoms with van der Waals surface area (Å²) in [5.74, 6) is 0.578. The Morgan fingerprint density at radius 2 is 2.00 bits per heavy atom. The Balaban J connectivity index is 1.80. The molecule has 3 heterocycles. The number of carbonyl (C=O) groups excluding carboxylic acids is 1. The van der Waals surface area contributed by atoms with Crippen LogP contribution in [0, 0.1) is 6.92 Å². The number of ether oxygens (including phenoxy) is 1. The van der Waals surface area contributed by atoms with Gasteiger partial charge in [-0.15, -0.1) is 11.3 Å². The number of hydrogen-bond acceptors (Lipinski definition) is 5. The third kappa shape index (κ3) is 2.93. The molecule has 0 aliphatic heterocycles. The molecule has 0 atom stereocenters. The van der Waals surface area contributed by atoms with Crippen LogP contribution < -0.4 is 15.2 Å². The fraction of sp³-hybridized carbons (Fsp3) is 0.190. The Labute approximate surface area is 165 Å². The van der Waals surface area contributed by atoms with Gasteiger partial charge in [0.15, 0.2) is 0 Å². The van der Waals surface area contributed by atoms with E-state index in [1.54, 1.807) is 24.3 Å². The van der Waals surface area contributed by atoms with Gasteiger partial charge < -0.3 is 9.64 Å². The number of benzene rings is 1. The van der Waals surface area contributed by atoms with Crippen molar-refractivity contribution in [3.63, 3.8) is 0 Å². The zero-order valence-corrected chi connectivity index (χ0v) is 16.6. The zero-order valence-electron chi connectivity index (χ0n) is 15.8. The van der Waals surface area contributed by atoms with Gasteiger partial charge >= 0.3 is 0 Å². The second-order valence-corrected chi connectivity index (χ2v) is 7.41. The molecule has 3 aromatic heterocycles. The molecule has 142 valence electrons. The van der Waals surface area contributed by atoms with Crippen molar-refractivity contribution < 1.29 is 9.53 Å². The number of fused-ring (bicyclic) bond motifs is 2. The van der Waals surface area contributed by atoms with E-state index in [0.29, 0.717) is 27.3 Å². The minimum atomic E-state index is -0.161. The molecule has 0 saturated carbocycles. The van der Waals surface area contributed by atoms with Gasteiger partial charge in [0.1, 0.15) is 16.2 Å². The molecule has 0 fully saturated rings. The summed E-state index contributed by atoms with van der Waals surface area (Å²) in [6, 6.07) is 12.7. The molecule has 6 nitrogen and oxygen atoms in total. The third-order valence-electron chi connectivity index (χ3n) is 4.69. The summed E-state index contributed by atoms with van der Waals surface area (Å²) in [5, 5.41) is 0.460. The van der Waals surface area contributed by atoms with Crippen molar-refractivity contribution in [3.05, 3.63) is 69.5 Å². The number of carbonyl (C=O) groups is 1. The molecular formula is C21H19N3O3S. The molecule has 0 aliphatic rings. The van der Waals surface area contributed by atoms with Gasteiger partial charge in [-0.25, -0.2) is 4.98 Å². The van der Waals surface area contributed by atoms with Crippen molar-refractivity contribution in [2.75, 3.05) is 18.6 Å². The van der Waals surface area contributed by atoms with Crippen molar-refractivity contribution in [2.45, 2.75) is 13.8 Å². The van der Waals surface area contributed by atoms with Gasteiger partial charge in [0, 0.05) is 18.4 Å². The van der Waals surface area contributed by atoms with E-state index in [2.05, 4.69) is 4.98 Å². The van der Waals surface area contributed by atoms with Gasteiger partial charge in [0.05, 0.1) is 17.4 Å². The maximum absolute atomic E-state index is 13.1. The lowest BCUT2D eigenvalue weighted by Gasteiger charge is -2.20. The summed E-state index contributed by atoms with van der Waals surface area (Å²) in [6.45, 7) is 4.34. The van der Waals surface area contributed by atoms with Crippen molar-refractivity contribution in [1.29, 1.82) is 0 Å². The highest BCUT2D eigenvalue weighted by atomic mass is 32.1. The molecule has 4 aromatic rings. The van der Waals surface area contributed by atoms with Crippen LogP contribution in [0.2, 0.25) is 0 Å². The van der Waals surface area contributed by atoms with E-state index in [0.717, 1.165) is 17.0 Å². The highest BCUT2D eigenvalue weighted by molar-refractivity contribution is 7.20. The average Bonchev–Trinajstić information content (AvgIpc) is 3.15. The van der Waals surface area contributed by atoms with Gasteiger partial charge in [0.2, 0.25) is 0 Å². The Morgan fingerprint density at radius 3 is 2.68 bits per heavy atom. The number of aryl methyl sites for hydroxylation is 1. The number of hydrogen-bond donors (Lipinski definition) is 0. The van der Waals surface area contributed by atoms with Gasteiger partial charge in [-0.3, -0.25) is 14.0 Å². The quantitative estimate of drug-likeness (QED) is 0.528. The second kappa shape index (κ2) is 7.09. The summed E-state index contributed by atoms with van der Waals surface area (Å²) in [6.07, 6.45) is 1.70. The van der Waals surface area contributed by atoms with Crippen LogP contribution in [0.4, 0.5) is 5.69 Å². The second-order valence-electron chi connectivity index (χ2n) is 6.38. The minimum absolute atomic E-state index is 0.152. The highest BCUT2D eigenvalue weighted by Crippen LogP contribution is 2.27. The number of anilines is 1. The van der Waals surface area contributed by atoms with Crippen molar-refractivity contribution in [1.82, 2.24) is 9.38 Å². The van der Waals surface area contributed by atoms with Crippen molar-refractivity contribution in [3.8, 4) is 5.75 Å². The molecule has 0 saturated heterocycles. The molecule has 7 heteroatoms. The minimum Gasteiger partial charge on any atom is -0.497 e. The predicted octanol–water partition coefficient (Wildman–Crippen LogP) is 3.89. The fourth-order valence-electron chi connectivity index (χ4n) is 3.20. The predicted molar refractivity (Wildman–Crippen MR) is 112 cm³/mol. The molecule has 0 unspecified atom stereocenters. The monoisotopic (exact) mass is 393 g/mol. The highest BCUT2D eigenvalue weighted by Gasteiger charge is 2.21. The molecule has 28 heavy (non-hydrogen) atoms. The van der Waals surface area contributed by atoms with E-state index in [-0.39, 0.29) is 11.5 Å². The Morgan fingerprint density at radius 1 is 1.25 bits per heavy atom. The van der Waals surface area contributed by atoms with Crippen LogP contribution in [0.25, 0.3) is 15.9 Å². The van der Waals surface area contributed by atoms with Crippen LogP contribution in [0.15, 0.2) is 53.5 Å². The average molecular weight is 393 g/mol. The first-order valence-electron chi connectivity index (χ1n) is 8.91. The fourth-order valence-corrected chi connectivity index (χ4v) is 4.17. The van der Waals surface area contributed by atoms with Crippen LogP contribution in [-0.2, 0) is 0 Å². The van der Waals surface area contributed by atoms with Crippen LogP contribution in [0.1, 0.15) is 22.2 Å². The van der Waals surface area contributed by atoms with Crippen molar-refractivity contribution in [2.24, 2.45) is 0 Å². The standard InChI is InChI=1S/C21H19N3O3S/c1-4-23(14-7-9-15(27-3)10-8-14)21(26)17-12-16-19(28-17)22-18-13(2)6-5-11-24(18)20(16)25/h5-12H,4H2,1-3H3. The van der Waals surface area contributed by atoms with E-state index >= 15 is 0 Å². The number of rotatable bonds is 4. The first-order valence-corrected chi connectivity index (χ1v) is 9.72. The Kier molecular flexibility index (Phi) is 4.60. The number of amides is 1. The maximum atomic E-state index is 13.1. The van der Waals surface area contributed by atoms with Crippen LogP contribution in [0.3, 0.4) is 0 Å². The smallest absolute Gasteiger partial charge is 0.268 e. The summed E-state index contributed by atoms with van der Waals surface area (Å²) < 4.78 is 6.71. The first kappa shape index (κ1) is 18.2. The molecular weight excluding hydrogens is 374 g/mol. The van der Waals surface area contributed by atoms with E-state index < -0.39 is 0 Å². The van der Waals surface area contributed by atoms with Crippen LogP contribution in [-0.4, -0.2) is 28.9 Å². The first-order chi connectivity index (χ1) is 13.5. The van der Waals surface area contributed by atoms with E-state index in [1.165, 1.54) is 15.7 Å². The number of thiophene rings is 1. The van der Waals surface area contributed by atoms with Gasteiger partial charge in [-0.1, -0.05) is 6.07 Å². The number of pyridine rings is 1. The van der Waals surface area contributed by atoms with Crippen LogP contribution in [0.5, 0.6) is 5.75 Å². The van der Waals surface area contributed by atoms with E-state index in [9.17, 15) is 9.59 Å². The summed E-state index contributed by atoms with van der Waals surface area (Å²) >= 11 is 1.25. The number of aromatic nitrogens is 2. The van der Waals surface area contributed by atoms with Crippen LogP contribution >= 0.6 is 11.3 Å². The number of nitrogens with zero attached hydrogens (tertiary/aromatic N) is 3. The van der Waals surface area contributed by atoms with Crippen molar-refractivity contribution >= 4 is 38.8 Å². The largest absolute Gasteiger partial charge is 0.497 e. The Hall–Kier alpha value is -3.19. The van der Waals surface area contributed by atoms with Gasteiger partial charge in [-0.05, 0) is 55.8 Å². The maximum Gasteiger partial charge on any atom is 0.268 e. The molecule has 0 radical (unpaired) electrons. The van der Waals surface area contributed by atoms with Gasteiger partial charge in [0.25, 0.3) is 11.5 Å². The molecule has 1 amide bonds. The summed E-state index contributed by atoms with van der Waals surface area (Å²) in [5.41, 5.74) is 2.14. The van der Waals surface area contributed by atoms with E-state index in [4.69, 9.17) is 4.74 Å². The zero-order chi connectivity index (χ0) is 19.8. The molecule has 1 aromatic carbocycles. The lowest BCUT2D eigenvalue weighted by Crippen LogP contribution is -2.29. The lowest BCUT2D eigenvalue weighted by atomic mass is 10.2. The molecule has 0 bridgehead atoms. The lowest BCUT2D eigenvalue weighted by molar-refractivity contribution is 0.0992. The summed E-state index contributed by atoms with van der Waals surface area (Å²) in [7, 11) is 1.60. The molecule has 4 rings (SSSR count). The molecule has 0 N–H and O–H groups in total. The Bertz CT molecular complexity index is 1240. The topological polar surface area (TPSA) is 63.9 Å².